The van der Waals surface area contributed by atoms with Crippen LogP contribution in [0.15, 0.2) is 170 Å². The quantitative estimate of drug-likeness (QED) is 0.190. The molecular formula is C44H28. The van der Waals surface area contributed by atoms with E-state index in [-0.39, 0.29) is 0 Å². The van der Waals surface area contributed by atoms with E-state index in [1.54, 1.807) is 0 Å². The molecule has 0 aliphatic rings. The zero-order valence-corrected chi connectivity index (χ0v) is 24.2. The Kier molecular flexibility index (Phi) is 5.61. The normalized spacial score (nSPS) is 11.6. The average Bonchev–Trinajstić information content (AvgIpc) is 3.10. The lowest BCUT2D eigenvalue weighted by Gasteiger charge is -2.12. The highest BCUT2D eigenvalue weighted by Crippen LogP contribution is 2.37. The van der Waals surface area contributed by atoms with E-state index in [0.717, 1.165) is 0 Å². The van der Waals surface area contributed by atoms with Gasteiger partial charge in [-0.2, -0.15) is 0 Å². The molecule has 204 valence electrons. The molecule has 0 aliphatic carbocycles. The second-order valence-electron chi connectivity index (χ2n) is 11.8. The summed E-state index contributed by atoms with van der Waals surface area (Å²) in [5, 5.41) is 12.8. The van der Waals surface area contributed by atoms with Crippen LogP contribution in [0.1, 0.15) is 0 Å². The van der Waals surface area contributed by atoms with E-state index in [4.69, 9.17) is 0 Å². The number of fused-ring (bicyclic) bond motifs is 7. The van der Waals surface area contributed by atoms with Crippen molar-refractivity contribution in [2.24, 2.45) is 0 Å². The van der Waals surface area contributed by atoms with E-state index in [2.05, 4.69) is 170 Å². The molecule has 0 bridgehead atoms. The minimum absolute atomic E-state index is 1.23. The van der Waals surface area contributed by atoms with E-state index in [9.17, 15) is 0 Å². The second kappa shape index (κ2) is 9.93. The first-order valence-corrected chi connectivity index (χ1v) is 15.2. The highest BCUT2D eigenvalue weighted by molar-refractivity contribution is 6.18. The predicted molar refractivity (Wildman–Crippen MR) is 190 cm³/mol. The lowest BCUT2D eigenvalue weighted by molar-refractivity contribution is 1.61. The Morgan fingerprint density at radius 2 is 0.545 bits per heavy atom. The van der Waals surface area contributed by atoms with Crippen molar-refractivity contribution in [3.63, 3.8) is 0 Å². The van der Waals surface area contributed by atoms with Crippen molar-refractivity contribution in [3.05, 3.63) is 170 Å². The van der Waals surface area contributed by atoms with Crippen LogP contribution in [0.5, 0.6) is 0 Å². The van der Waals surface area contributed by atoms with Gasteiger partial charge in [-0.25, -0.2) is 0 Å². The van der Waals surface area contributed by atoms with Gasteiger partial charge in [0.15, 0.2) is 0 Å². The van der Waals surface area contributed by atoms with Gasteiger partial charge in [0.2, 0.25) is 0 Å². The molecule has 0 radical (unpaired) electrons. The molecule has 0 spiro atoms. The molecule has 0 heterocycles. The van der Waals surface area contributed by atoms with Gasteiger partial charge < -0.3 is 0 Å². The Hall–Kier alpha value is -5.72. The Labute approximate surface area is 256 Å². The maximum absolute atomic E-state index is 2.37. The van der Waals surface area contributed by atoms with Gasteiger partial charge in [0, 0.05) is 0 Å². The molecule has 44 heavy (non-hydrogen) atoms. The molecular weight excluding hydrogens is 528 g/mol. The maximum atomic E-state index is 2.37. The molecule has 0 fully saturated rings. The maximum Gasteiger partial charge on any atom is -0.00987 e. The molecule has 0 atom stereocenters. The first-order valence-electron chi connectivity index (χ1n) is 15.2. The van der Waals surface area contributed by atoms with E-state index in [1.807, 2.05) is 0 Å². The second-order valence-corrected chi connectivity index (χ2v) is 11.8. The van der Waals surface area contributed by atoms with E-state index in [1.165, 1.54) is 87.2 Å². The average molecular weight is 557 g/mol. The third kappa shape index (κ3) is 4.15. The van der Waals surface area contributed by atoms with E-state index in [0.29, 0.717) is 0 Å². The molecule has 9 aromatic carbocycles. The van der Waals surface area contributed by atoms with Gasteiger partial charge in [0.25, 0.3) is 0 Å². The third-order valence-corrected chi connectivity index (χ3v) is 9.20. The van der Waals surface area contributed by atoms with Crippen LogP contribution in [0.4, 0.5) is 0 Å². The van der Waals surface area contributed by atoms with Crippen molar-refractivity contribution in [2.45, 2.75) is 0 Å². The summed E-state index contributed by atoms with van der Waals surface area (Å²) < 4.78 is 0. The molecule has 0 amide bonds. The van der Waals surface area contributed by atoms with Crippen LogP contribution in [0.2, 0.25) is 0 Å². The summed E-state index contributed by atoms with van der Waals surface area (Å²) in [6, 6.07) is 62.5. The highest BCUT2D eigenvalue weighted by atomic mass is 14.1. The molecule has 0 nitrogen and oxygen atoms in total. The van der Waals surface area contributed by atoms with Crippen molar-refractivity contribution in [1.82, 2.24) is 0 Å². The smallest absolute Gasteiger partial charge is 0.00987 e. The van der Waals surface area contributed by atoms with Crippen molar-refractivity contribution in [3.8, 4) is 33.4 Å². The summed E-state index contributed by atoms with van der Waals surface area (Å²) in [5.74, 6) is 0. The van der Waals surface area contributed by atoms with Crippen molar-refractivity contribution in [1.29, 1.82) is 0 Å². The highest BCUT2D eigenvalue weighted by Gasteiger charge is 2.10. The minimum Gasteiger partial charge on any atom is -0.0616 e. The van der Waals surface area contributed by atoms with Crippen LogP contribution in [-0.2, 0) is 0 Å². The molecule has 0 heteroatoms. The molecule has 0 saturated carbocycles. The fourth-order valence-corrected chi connectivity index (χ4v) is 6.84. The molecule has 0 N–H and O–H groups in total. The number of hydrogen-bond donors (Lipinski definition) is 0. The number of hydrogen-bond acceptors (Lipinski definition) is 0. The summed E-state index contributed by atoms with van der Waals surface area (Å²) in [4.78, 5) is 0. The van der Waals surface area contributed by atoms with Gasteiger partial charge in [-0.3, -0.25) is 0 Å². The molecule has 0 aromatic heterocycles. The van der Waals surface area contributed by atoms with E-state index >= 15 is 0 Å². The van der Waals surface area contributed by atoms with Gasteiger partial charge in [0.1, 0.15) is 0 Å². The Morgan fingerprint density at radius 1 is 0.182 bits per heavy atom. The summed E-state index contributed by atoms with van der Waals surface area (Å²) >= 11 is 0. The van der Waals surface area contributed by atoms with Gasteiger partial charge in [-0.1, -0.05) is 140 Å². The van der Waals surface area contributed by atoms with Crippen molar-refractivity contribution >= 4 is 53.9 Å². The standard InChI is InChI=1S/C44H28/c1-3-8-33-24-37(16-12-29(33)6-1)35-10-5-11-36(26-35)39-18-14-31-20-23-42-41(43(31)27-39)22-21-32-15-19-40(28-44(32)42)38-17-13-30-7-2-4-9-34(30)25-38/h1-28H. The van der Waals surface area contributed by atoms with Crippen LogP contribution in [0, 0.1) is 0 Å². The van der Waals surface area contributed by atoms with Gasteiger partial charge in [-0.15, -0.1) is 0 Å². The zero-order valence-electron chi connectivity index (χ0n) is 24.2. The topological polar surface area (TPSA) is 0 Å². The SMILES string of the molecule is c1cc(-c2ccc3ccccc3c2)cc(-c2ccc3ccc4c5cc(-c6ccc7ccccc7c6)ccc5ccc4c3c2)c1. The number of rotatable bonds is 3. The summed E-state index contributed by atoms with van der Waals surface area (Å²) in [6.07, 6.45) is 0. The van der Waals surface area contributed by atoms with Crippen molar-refractivity contribution in [2.75, 3.05) is 0 Å². The number of benzene rings is 9. The Morgan fingerprint density at radius 3 is 1.02 bits per heavy atom. The Balaban J connectivity index is 1.16. The molecule has 9 rings (SSSR count). The Bertz CT molecular complexity index is 2550. The van der Waals surface area contributed by atoms with Crippen LogP contribution >= 0.6 is 0 Å². The van der Waals surface area contributed by atoms with Crippen LogP contribution in [0.3, 0.4) is 0 Å². The van der Waals surface area contributed by atoms with Crippen LogP contribution in [-0.4, -0.2) is 0 Å². The lowest BCUT2D eigenvalue weighted by Crippen LogP contribution is -1.85. The molecule has 0 saturated heterocycles. The monoisotopic (exact) mass is 556 g/mol. The van der Waals surface area contributed by atoms with Crippen molar-refractivity contribution < 1.29 is 0 Å². The summed E-state index contributed by atoms with van der Waals surface area (Å²) in [5.41, 5.74) is 7.43. The van der Waals surface area contributed by atoms with E-state index < -0.39 is 0 Å². The first-order chi connectivity index (χ1) is 21.8. The molecule has 9 aromatic rings. The largest absolute Gasteiger partial charge is 0.0616 e. The summed E-state index contributed by atoms with van der Waals surface area (Å²) in [7, 11) is 0. The first kappa shape index (κ1) is 24.8. The van der Waals surface area contributed by atoms with Crippen LogP contribution < -0.4 is 0 Å². The predicted octanol–water partition coefficient (Wildman–Crippen LogP) is 12.5. The minimum atomic E-state index is 1.23. The van der Waals surface area contributed by atoms with Gasteiger partial charge >= 0.3 is 0 Å². The summed E-state index contributed by atoms with van der Waals surface area (Å²) in [6.45, 7) is 0. The van der Waals surface area contributed by atoms with Crippen LogP contribution in [0.25, 0.3) is 87.2 Å². The molecule has 0 unspecified atom stereocenters. The third-order valence-electron chi connectivity index (χ3n) is 9.20. The van der Waals surface area contributed by atoms with Gasteiger partial charge in [-0.05, 0) is 118 Å². The molecule has 0 aliphatic heterocycles. The fraction of sp³-hybridized carbons (Fsp3) is 0. The van der Waals surface area contributed by atoms with Gasteiger partial charge in [0.05, 0.1) is 0 Å². The zero-order chi connectivity index (χ0) is 29.0. The lowest BCUT2D eigenvalue weighted by atomic mass is 9.92. The fourth-order valence-electron chi connectivity index (χ4n) is 6.84.